The first-order valence-electron chi connectivity index (χ1n) is 10.6. The summed E-state index contributed by atoms with van der Waals surface area (Å²) in [6, 6.07) is 14.7. The zero-order chi connectivity index (χ0) is 22.0. The molecule has 1 saturated heterocycles. The number of nitrogens with one attached hydrogen (secondary N) is 1. The lowest BCUT2D eigenvalue weighted by molar-refractivity contribution is 0.0702. The number of phenols is 1. The van der Waals surface area contributed by atoms with Crippen molar-refractivity contribution in [3.8, 4) is 11.4 Å². The summed E-state index contributed by atoms with van der Waals surface area (Å²) < 4.78 is 1.91. The van der Waals surface area contributed by atoms with Crippen LogP contribution in [0.5, 0.6) is 5.75 Å². The van der Waals surface area contributed by atoms with Crippen molar-refractivity contribution in [3.05, 3.63) is 76.6 Å². The van der Waals surface area contributed by atoms with Crippen LogP contribution in [-0.4, -0.2) is 44.8 Å². The molecule has 2 aromatic carbocycles. The van der Waals surface area contributed by atoms with Crippen LogP contribution >= 0.6 is 11.6 Å². The van der Waals surface area contributed by atoms with E-state index in [-0.39, 0.29) is 17.7 Å². The van der Waals surface area contributed by atoms with E-state index in [0.29, 0.717) is 29.7 Å². The highest BCUT2D eigenvalue weighted by Gasteiger charge is 2.25. The van der Waals surface area contributed by atoms with Crippen molar-refractivity contribution in [2.75, 3.05) is 13.1 Å². The molecule has 2 N–H and O–H groups in total. The van der Waals surface area contributed by atoms with E-state index in [1.165, 1.54) is 6.07 Å². The van der Waals surface area contributed by atoms with Gasteiger partial charge in [0.1, 0.15) is 5.75 Å². The number of nitrogens with zero attached hydrogens (tertiary/aromatic N) is 3. The third-order valence-corrected chi connectivity index (χ3v) is 6.16. The van der Waals surface area contributed by atoms with Crippen LogP contribution in [0.2, 0.25) is 5.02 Å². The second-order valence-electron chi connectivity index (χ2n) is 8.08. The summed E-state index contributed by atoms with van der Waals surface area (Å²) in [6.45, 7) is 5.60. The van der Waals surface area contributed by atoms with Gasteiger partial charge in [0.05, 0.1) is 11.9 Å². The third-order valence-electron chi connectivity index (χ3n) is 5.93. The van der Waals surface area contributed by atoms with E-state index in [1.807, 2.05) is 40.0 Å². The molecule has 1 amide bonds. The molecule has 0 spiro atoms. The fraction of sp³-hybridized carbons (Fsp3) is 0.333. The quantitative estimate of drug-likeness (QED) is 0.615. The van der Waals surface area contributed by atoms with Gasteiger partial charge in [0.25, 0.3) is 5.91 Å². The lowest BCUT2D eigenvalue weighted by Crippen LogP contribution is -2.45. The topological polar surface area (TPSA) is 70.4 Å². The van der Waals surface area contributed by atoms with Gasteiger partial charge in [-0.2, -0.15) is 5.10 Å². The first kappa shape index (κ1) is 21.4. The molecule has 1 fully saturated rings. The number of halogens is 1. The molecule has 7 heteroatoms. The molecule has 162 valence electrons. The Morgan fingerprint density at radius 2 is 1.94 bits per heavy atom. The number of rotatable bonds is 5. The van der Waals surface area contributed by atoms with Gasteiger partial charge in [0.15, 0.2) is 0 Å². The summed E-state index contributed by atoms with van der Waals surface area (Å²) in [6.07, 6.45) is 3.68. The molecule has 3 aromatic rings. The number of likely N-dealkylation sites (tertiary alicyclic amines) is 1. The summed E-state index contributed by atoms with van der Waals surface area (Å²) in [4.78, 5) is 14.5. The zero-order valence-electron chi connectivity index (χ0n) is 17.8. The SMILES string of the molecule is Cc1c(C(C)NC2CCN(C(=O)c3cccc(O)c3)CC2)cnn1-c1cccc(Cl)c1. The Labute approximate surface area is 187 Å². The van der Waals surface area contributed by atoms with Gasteiger partial charge in [-0.3, -0.25) is 4.79 Å². The molecule has 0 radical (unpaired) electrons. The Morgan fingerprint density at radius 3 is 2.65 bits per heavy atom. The highest BCUT2D eigenvalue weighted by Crippen LogP contribution is 2.24. The second kappa shape index (κ2) is 9.12. The minimum Gasteiger partial charge on any atom is -0.508 e. The molecule has 1 atom stereocenters. The molecule has 1 aromatic heterocycles. The van der Waals surface area contributed by atoms with E-state index >= 15 is 0 Å². The maximum absolute atomic E-state index is 12.7. The fourth-order valence-corrected chi connectivity index (χ4v) is 4.41. The van der Waals surface area contributed by atoms with Crippen molar-refractivity contribution in [1.29, 1.82) is 0 Å². The lowest BCUT2D eigenvalue weighted by Gasteiger charge is -2.34. The van der Waals surface area contributed by atoms with Gasteiger partial charge in [-0.05, 0) is 63.1 Å². The smallest absolute Gasteiger partial charge is 0.253 e. The van der Waals surface area contributed by atoms with Crippen molar-refractivity contribution in [2.45, 2.75) is 38.8 Å². The Kier molecular flexibility index (Phi) is 6.30. The highest BCUT2D eigenvalue weighted by molar-refractivity contribution is 6.30. The molecule has 0 bridgehead atoms. The highest BCUT2D eigenvalue weighted by atomic mass is 35.5. The van der Waals surface area contributed by atoms with Crippen LogP contribution in [0.3, 0.4) is 0 Å². The second-order valence-corrected chi connectivity index (χ2v) is 8.52. The van der Waals surface area contributed by atoms with Crippen LogP contribution in [0.25, 0.3) is 5.69 Å². The maximum Gasteiger partial charge on any atom is 0.253 e. The fourth-order valence-electron chi connectivity index (χ4n) is 4.23. The number of hydrogen-bond acceptors (Lipinski definition) is 4. The van der Waals surface area contributed by atoms with Gasteiger partial charge < -0.3 is 15.3 Å². The van der Waals surface area contributed by atoms with E-state index in [0.717, 1.165) is 29.8 Å². The van der Waals surface area contributed by atoms with Gasteiger partial charge >= 0.3 is 0 Å². The molecule has 1 unspecified atom stereocenters. The normalized spacial score (nSPS) is 15.8. The van der Waals surface area contributed by atoms with Crippen LogP contribution in [0.1, 0.15) is 47.4 Å². The number of phenolic OH excluding ortho intramolecular Hbond substituents is 1. The molecule has 6 nitrogen and oxygen atoms in total. The summed E-state index contributed by atoms with van der Waals surface area (Å²) in [5.41, 5.74) is 3.71. The molecule has 1 aliphatic rings. The Bertz CT molecular complexity index is 1070. The van der Waals surface area contributed by atoms with Crippen LogP contribution < -0.4 is 5.32 Å². The number of aromatic hydroxyl groups is 1. The standard InChI is InChI=1S/C24H27ClN4O2/c1-16(23-15-26-29(17(23)2)21-7-4-6-19(25)14-21)27-20-9-11-28(12-10-20)24(31)18-5-3-8-22(30)13-18/h3-8,13-16,20,27,30H,9-12H2,1-2H3. The molecule has 1 aliphatic heterocycles. The molecular formula is C24H27ClN4O2. The molecule has 2 heterocycles. The number of aromatic nitrogens is 2. The van der Waals surface area contributed by atoms with E-state index in [1.54, 1.807) is 18.2 Å². The predicted octanol–water partition coefficient (Wildman–Crippen LogP) is 4.50. The van der Waals surface area contributed by atoms with Crippen LogP contribution in [0.4, 0.5) is 0 Å². The number of carbonyl (C=O) groups is 1. The Morgan fingerprint density at radius 1 is 1.19 bits per heavy atom. The number of carbonyl (C=O) groups excluding carboxylic acids is 1. The van der Waals surface area contributed by atoms with Crippen LogP contribution in [0.15, 0.2) is 54.7 Å². The summed E-state index contributed by atoms with van der Waals surface area (Å²) in [7, 11) is 0. The maximum atomic E-state index is 12.7. The molecule has 4 rings (SSSR count). The van der Waals surface area contributed by atoms with Gasteiger partial charge in [-0.1, -0.05) is 23.7 Å². The van der Waals surface area contributed by atoms with Gasteiger partial charge in [-0.25, -0.2) is 4.68 Å². The predicted molar refractivity (Wildman–Crippen MR) is 122 cm³/mol. The van der Waals surface area contributed by atoms with Crippen molar-refractivity contribution in [1.82, 2.24) is 20.0 Å². The average molecular weight is 439 g/mol. The number of hydrogen-bond donors (Lipinski definition) is 2. The van der Waals surface area contributed by atoms with E-state index in [2.05, 4.69) is 24.3 Å². The van der Waals surface area contributed by atoms with Crippen LogP contribution in [0, 0.1) is 6.92 Å². The average Bonchev–Trinajstić information content (AvgIpc) is 3.15. The minimum atomic E-state index is -0.0268. The molecule has 0 aliphatic carbocycles. The van der Waals surface area contributed by atoms with Crippen molar-refractivity contribution in [2.24, 2.45) is 0 Å². The zero-order valence-corrected chi connectivity index (χ0v) is 18.5. The number of piperidine rings is 1. The Balaban J connectivity index is 1.36. The Hall–Kier alpha value is -2.83. The summed E-state index contributed by atoms with van der Waals surface area (Å²) in [5, 5.41) is 18.6. The monoisotopic (exact) mass is 438 g/mol. The van der Waals surface area contributed by atoms with Crippen molar-refractivity contribution in [3.63, 3.8) is 0 Å². The number of benzene rings is 2. The first-order chi connectivity index (χ1) is 14.9. The number of amides is 1. The van der Waals surface area contributed by atoms with Crippen molar-refractivity contribution >= 4 is 17.5 Å². The van der Waals surface area contributed by atoms with E-state index in [4.69, 9.17) is 11.6 Å². The summed E-state index contributed by atoms with van der Waals surface area (Å²) in [5.74, 6) is 0.0889. The van der Waals surface area contributed by atoms with Crippen LogP contribution in [-0.2, 0) is 0 Å². The van der Waals surface area contributed by atoms with E-state index < -0.39 is 0 Å². The minimum absolute atomic E-state index is 0.0268. The first-order valence-corrected chi connectivity index (χ1v) is 10.9. The summed E-state index contributed by atoms with van der Waals surface area (Å²) >= 11 is 6.13. The third kappa shape index (κ3) is 4.75. The lowest BCUT2D eigenvalue weighted by atomic mass is 10.0. The molecule has 31 heavy (non-hydrogen) atoms. The largest absolute Gasteiger partial charge is 0.508 e. The van der Waals surface area contributed by atoms with E-state index in [9.17, 15) is 9.90 Å². The van der Waals surface area contributed by atoms with Gasteiger partial charge in [0.2, 0.25) is 0 Å². The van der Waals surface area contributed by atoms with Gasteiger partial charge in [0, 0.05) is 47.0 Å². The van der Waals surface area contributed by atoms with Crippen molar-refractivity contribution < 1.29 is 9.90 Å². The van der Waals surface area contributed by atoms with Gasteiger partial charge in [-0.15, -0.1) is 0 Å². The molecular weight excluding hydrogens is 412 g/mol. The molecule has 0 saturated carbocycles.